The number of rotatable bonds is 3. The average molecular weight is 211 g/mol. The molecule has 2 aliphatic rings. The minimum absolute atomic E-state index is 0.646. The molecule has 1 aliphatic carbocycles. The second-order valence-electron chi connectivity index (χ2n) is 3.96. The highest BCUT2D eigenvalue weighted by Crippen LogP contribution is 2.57. The van der Waals surface area contributed by atoms with Crippen molar-refractivity contribution >= 4 is 11.3 Å². The maximum Gasteiger partial charge on any atom is 0.121 e. The molecular formula is C9H13N3OS. The van der Waals surface area contributed by atoms with E-state index in [0.717, 1.165) is 36.5 Å². The maximum absolute atomic E-state index is 5.47. The van der Waals surface area contributed by atoms with Crippen LogP contribution in [0.1, 0.15) is 15.9 Å². The van der Waals surface area contributed by atoms with Crippen LogP contribution in [0.25, 0.3) is 0 Å². The van der Waals surface area contributed by atoms with Gasteiger partial charge in [-0.05, 0) is 18.4 Å². The Kier molecular flexibility index (Phi) is 2.04. The zero-order chi connectivity index (χ0) is 9.54. The molecule has 0 aromatic carbocycles. The largest absolute Gasteiger partial charge is 0.381 e. The Labute approximate surface area is 86.5 Å². The first-order valence-electron chi connectivity index (χ1n) is 5.00. The molecule has 2 fully saturated rings. The molecule has 0 bridgehead atoms. The van der Waals surface area contributed by atoms with Crippen LogP contribution in [0.3, 0.4) is 0 Å². The maximum atomic E-state index is 5.47. The van der Waals surface area contributed by atoms with E-state index in [9.17, 15) is 0 Å². The van der Waals surface area contributed by atoms with Crippen LogP contribution in [0.5, 0.6) is 0 Å². The van der Waals surface area contributed by atoms with E-state index in [1.165, 1.54) is 5.01 Å². The summed E-state index contributed by atoms with van der Waals surface area (Å²) in [6.07, 6.45) is 0.857. The molecule has 0 radical (unpaired) electrons. The van der Waals surface area contributed by atoms with Crippen LogP contribution in [-0.4, -0.2) is 30.0 Å². The fourth-order valence-electron chi connectivity index (χ4n) is 2.23. The third-order valence-corrected chi connectivity index (χ3v) is 4.16. The Morgan fingerprint density at radius 2 is 2.14 bits per heavy atom. The monoisotopic (exact) mass is 211 g/mol. The topological polar surface area (TPSA) is 61.0 Å². The van der Waals surface area contributed by atoms with Crippen LogP contribution in [0, 0.1) is 11.8 Å². The first kappa shape index (κ1) is 8.76. The Morgan fingerprint density at radius 3 is 2.86 bits per heavy atom. The number of ether oxygens (including phenoxy) is 1. The van der Waals surface area contributed by atoms with Crippen molar-refractivity contribution in [3.05, 3.63) is 10.0 Å². The van der Waals surface area contributed by atoms with Crippen LogP contribution in [-0.2, 0) is 11.2 Å². The molecule has 3 rings (SSSR count). The van der Waals surface area contributed by atoms with Crippen LogP contribution in [0.4, 0.5) is 0 Å². The van der Waals surface area contributed by atoms with Crippen LogP contribution in [0.2, 0.25) is 0 Å². The zero-order valence-corrected chi connectivity index (χ0v) is 8.67. The van der Waals surface area contributed by atoms with E-state index in [-0.39, 0.29) is 0 Å². The average Bonchev–Trinajstić information content (AvgIpc) is 2.63. The number of hydrogen-bond donors (Lipinski definition) is 1. The lowest BCUT2D eigenvalue weighted by atomic mass is 10.3. The van der Waals surface area contributed by atoms with E-state index >= 15 is 0 Å². The van der Waals surface area contributed by atoms with Crippen molar-refractivity contribution < 1.29 is 4.74 Å². The normalized spacial score (nSPS) is 34.5. The fraction of sp³-hybridized carbons (Fsp3) is 0.778. The molecule has 1 aromatic rings. The van der Waals surface area contributed by atoms with Gasteiger partial charge in [-0.25, -0.2) is 0 Å². The predicted octanol–water partition coefficient (Wildman–Crippen LogP) is 0.399. The van der Waals surface area contributed by atoms with Crippen LogP contribution >= 0.6 is 11.3 Å². The SMILES string of the molecule is NCCc1nnc(C2C3COCC32)s1. The highest BCUT2D eigenvalue weighted by molar-refractivity contribution is 7.11. The van der Waals surface area contributed by atoms with Crippen LogP contribution in [0.15, 0.2) is 0 Å². The Hall–Kier alpha value is -0.520. The zero-order valence-electron chi connectivity index (χ0n) is 7.85. The minimum atomic E-state index is 0.646. The molecule has 1 saturated carbocycles. The molecule has 2 unspecified atom stereocenters. The highest BCUT2D eigenvalue weighted by atomic mass is 32.1. The molecule has 1 saturated heterocycles. The second kappa shape index (κ2) is 3.25. The van der Waals surface area contributed by atoms with Crippen molar-refractivity contribution in [2.75, 3.05) is 19.8 Å². The molecule has 76 valence electrons. The predicted molar refractivity (Wildman–Crippen MR) is 53.2 cm³/mol. The molecule has 2 N–H and O–H groups in total. The number of fused-ring (bicyclic) bond motifs is 1. The molecule has 4 nitrogen and oxygen atoms in total. The summed E-state index contributed by atoms with van der Waals surface area (Å²) in [7, 11) is 0. The van der Waals surface area contributed by atoms with E-state index in [2.05, 4.69) is 10.2 Å². The summed E-state index contributed by atoms with van der Waals surface area (Å²) in [5, 5.41) is 10.7. The van der Waals surface area contributed by atoms with E-state index in [4.69, 9.17) is 10.5 Å². The van der Waals surface area contributed by atoms with Crippen molar-refractivity contribution in [2.24, 2.45) is 17.6 Å². The third-order valence-electron chi connectivity index (χ3n) is 3.08. The Bertz CT molecular complexity index is 331. The molecule has 1 aliphatic heterocycles. The molecule has 0 amide bonds. The second-order valence-corrected chi connectivity index (χ2v) is 5.06. The van der Waals surface area contributed by atoms with E-state index in [1.807, 2.05) is 0 Å². The summed E-state index contributed by atoms with van der Waals surface area (Å²) in [5.74, 6) is 2.11. The van der Waals surface area contributed by atoms with E-state index < -0.39 is 0 Å². The van der Waals surface area contributed by atoms with Gasteiger partial charge in [-0.1, -0.05) is 0 Å². The Balaban J connectivity index is 1.72. The van der Waals surface area contributed by atoms with Gasteiger partial charge in [0.1, 0.15) is 10.0 Å². The molecule has 14 heavy (non-hydrogen) atoms. The van der Waals surface area contributed by atoms with Gasteiger partial charge in [0.05, 0.1) is 13.2 Å². The summed E-state index contributed by atoms with van der Waals surface area (Å²) >= 11 is 1.73. The van der Waals surface area contributed by atoms with Crippen molar-refractivity contribution in [1.82, 2.24) is 10.2 Å². The van der Waals surface area contributed by atoms with Gasteiger partial charge in [-0.3, -0.25) is 0 Å². The highest BCUT2D eigenvalue weighted by Gasteiger charge is 2.56. The summed E-state index contributed by atoms with van der Waals surface area (Å²) in [4.78, 5) is 0. The summed E-state index contributed by atoms with van der Waals surface area (Å²) in [6.45, 7) is 2.50. The van der Waals surface area contributed by atoms with Gasteiger partial charge in [0.15, 0.2) is 0 Å². The van der Waals surface area contributed by atoms with Crippen LogP contribution < -0.4 is 5.73 Å². The summed E-state index contributed by atoms with van der Waals surface area (Å²) in [6, 6.07) is 0. The van der Waals surface area contributed by atoms with Gasteiger partial charge in [-0.2, -0.15) is 0 Å². The molecule has 1 aromatic heterocycles. The Morgan fingerprint density at radius 1 is 1.36 bits per heavy atom. The van der Waals surface area contributed by atoms with Crippen molar-refractivity contribution in [2.45, 2.75) is 12.3 Å². The van der Waals surface area contributed by atoms with Gasteiger partial charge in [-0.15, -0.1) is 21.5 Å². The molecule has 5 heteroatoms. The molecule has 0 spiro atoms. The number of nitrogens with zero attached hydrogens (tertiary/aromatic N) is 2. The standard InChI is InChI=1S/C9H13N3OS/c10-2-1-7-11-12-9(14-7)8-5-3-13-4-6(5)8/h5-6,8H,1-4,10H2. The molecule has 2 heterocycles. The van der Waals surface area contributed by atoms with E-state index in [1.54, 1.807) is 11.3 Å². The third kappa shape index (κ3) is 1.27. The minimum Gasteiger partial charge on any atom is -0.381 e. The first-order valence-corrected chi connectivity index (χ1v) is 5.82. The lowest BCUT2D eigenvalue weighted by Crippen LogP contribution is -2.01. The number of hydrogen-bond acceptors (Lipinski definition) is 5. The smallest absolute Gasteiger partial charge is 0.121 e. The lowest BCUT2D eigenvalue weighted by molar-refractivity contribution is 0.160. The number of nitrogens with two attached hydrogens (primary N) is 1. The van der Waals surface area contributed by atoms with Crippen molar-refractivity contribution in [1.29, 1.82) is 0 Å². The van der Waals surface area contributed by atoms with Gasteiger partial charge >= 0.3 is 0 Å². The van der Waals surface area contributed by atoms with Gasteiger partial charge in [0.2, 0.25) is 0 Å². The van der Waals surface area contributed by atoms with Gasteiger partial charge < -0.3 is 10.5 Å². The quantitative estimate of drug-likeness (QED) is 0.786. The van der Waals surface area contributed by atoms with Gasteiger partial charge in [0, 0.05) is 12.3 Å². The lowest BCUT2D eigenvalue weighted by Gasteiger charge is -1.97. The van der Waals surface area contributed by atoms with Crippen molar-refractivity contribution in [3.63, 3.8) is 0 Å². The fourth-order valence-corrected chi connectivity index (χ4v) is 3.34. The summed E-state index contributed by atoms with van der Waals surface area (Å²) in [5.41, 5.74) is 5.47. The van der Waals surface area contributed by atoms with Gasteiger partial charge in [0.25, 0.3) is 0 Å². The summed E-state index contributed by atoms with van der Waals surface area (Å²) < 4.78 is 5.35. The molecule has 2 atom stereocenters. The van der Waals surface area contributed by atoms with E-state index in [0.29, 0.717) is 12.5 Å². The molecular weight excluding hydrogens is 198 g/mol. The number of aromatic nitrogens is 2. The first-order chi connectivity index (χ1) is 6.90. The van der Waals surface area contributed by atoms with Crippen molar-refractivity contribution in [3.8, 4) is 0 Å².